The minimum atomic E-state index is -1.24. The van der Waals surface area contributed by atoms with Gasteiger partial charge in [0.2, 0.25) is 0 Å². The van der Waals surface area contributed by atoms with E-state index in [1.807, 2.05) is 18.2 Å². The van der Waals surface area contributed by atoms with E-state index in [0.29, 0.717) is 22.0 Å². The van der Waals surface area contributed by atoms with E-state index >= 15 is 0 Å². The van der Waals surface area contributed by atoms with E-state index in [-0.39, 0.29) is 5.56 Å². The molecule has 0 spiro atoms. The molecular formula is C16H10BrNO3. The third-order valence-corrected chi connectivity index (χ3v) is 3.75. The molecule has 3 aromatic rings. The van der Waals surface area contributed by atoms with Crippen LogP contribution in [-0.2, 0) is 0 Å². The van der Waals surface area contributed by atoms with Gasteiger partial charge in [0, 0.05) is 20.9 Å². The van der Waals surface area contributed by atoms with Gasteiger partial charge in [0.1, 0.15) is 5.56 Å². The minimum Gasteiger partial charge on any atom is -0.477 e. The van der Waals surface area contributed by atoms with Gasteiger partial charge in [-0.2, -0.15) is 0 Å². The number of rotatable bonds is 2. The van der Waals surface area contributed by atoms with E-state index < -0.39 is 11.5 Å². The predicted octanol–water partition coefficient (Wildman–Crippen LogP) is 3.66. The molecule has 0 saturated heterocycles. The number of fused-ring (bicyclic) bond motifs is 1. The fourth-order valence-electron chi connectivity index (χ4n) is 2.37. The van der Waals surface area contributed by atoms with Crippen molar-refractivity contribution < 1.29 is 9.90 Å². The predicted molar refractivity (Wildman–Crippen MR) is 84.7 cm³/mol. The Bertz CT molecular complexity index is 901. The van der Waals surface area contributed by atoms with Gasteiger partial charge in [-0.3, -0.25) is 4.79 Å². The maximum Gasteiger partial charge on any atom is 0.342 e. The topological polar surface area (TPSA) is 70.2 Å². The first kappa shape index (κ1) is 13.6. The largest absolute Gasteiger partial charge is 0.477 e. The summed E-state index contributed by atoms with van der Waals surface area (Å²) in [6.07, 6.45) is 0. The van der Waals surface area contributed by atoms with Crippen LogP contribution in [0.15, 0.2) is 57.8 Å². The number of aromatic nitrogens is 1. The zero-order valence-corrected chi connectivity index (χ0v) is 12.3. The van der Waals surface area contributed by atoms with Gasteiger partial charge in [0.15, 0.2) is 0 Å². The lowest BCUT2D eigenvalue weighted by Crippen LogP contribution is -2.19. The number of aromatic carboxylic acids is 1. The highest BCUT2D eigenvalue weighted by Gasteiger charge is 2.19. The van der Waals surface area contributed by atoms with Gasteiger partial charge in [-0.05, 0) is 23.8 Å². The van der Waals surface area contributed by atoms with E-state index in [1.165, 1.54) is 0 Å². The molecule has 0 saturated carbocycles. The molecule has 4 nitrogen and oxygen atoms in total. The van der Waals surface area contributed by atoms with Crippen LogP contribution in [0.1, 0.15) is 10.4 Å². The lowest BCUT2D eigenvalue weighted by molar-refractivity contribution is 0.0696. The number of nitrogens with one attached hydrogen (secondary N) is 1. The summed E-state index contributed by atoms with van der Waals surface area (Å²) in [7, 11) is 0. The number of benzene rings is 2. The van der Waals surface area contributed by atoms with Gasteiger partial charge in [-0.15, -0.1) is 0 Å². The van der Waals surface area contributed by atoms with Crippen LogP contribution in [0.25, 0.3) is 22.0 Å². The van der Waals surface area contributed by atoms with Gasteiger partial charge in [-0.1, -0.05) is 46.3 Å². The number of hydrogen-bond donors (Lipinski definition) is 2. The zero-order chi connectivity index (χ0) is 15.0. The smallest absolute Gasteiger partial charge is 0.342 e. The first-order valence-corrected chi connectivity index (χ1v) is 7.01. The summed E-state index contributed by atoms with van der Waals surface area (Å²) in [6, 6.07) is 14.4. The van der Waals surface area contributed by atoms with Crippen LogP contribution >= 0.6 is 15.9 Å². The number of halogens is 1. The van der Waals surface area contributed by atoms with Crippen molar-refractivity contribution in [3.8, 4) is 11.1 Å². The molecule has 2 N–H and O–H groups in total. The molecule has 21 heavy (non-hydrogen) atoms. The van der Waals surface area contributed by atoms with Crippen molar-refractivity contribution in [3.05, 3.63) is 68.9 Å². The Hall–Kier alpha value is -2.40. The SMILES string of the molecule is O=C(O)c1c(-c2ccccc2)c2cc(Br)ccc2[nH]c1=O. The number of H-pyrrole nitrogens is 1. The standard InChI is InChI=1S/C16H10BrNO3/c17-10-6-7-12-11(8-10)13(9-4-2-1-3-5-9)14(16(20)21)15(19)18-12/h1-8H,(H,18,19)(H,20,21). The number of hydrogen-bond acceptors (Lipinski definition) is 2. The molecule has 0 aliphatic heterocycles. The molecule has 1 aromatic heterocycles. The minimum absolute atomic E-state index is 0.244. The number of pyridine rings is 1. The summed E-state index contributed by atoms with van der Waals surface area (Å²) < 4.78 is 0.815. The summed E-state index contributed by atoms with van der Waals surface area (Å²) in [5.74, 6) is -1.24. The molecule has 0 bridgehead atoms. The number of carboxylic acid groups (broad SMARTS) is 1. The molecule has 3 rings (SSSR count). The normalized spacial score (nSPS) is 10.7. The van der Waals surface area contributed by atoms with Crippen molar-refractivity contribution in [2.75, 3.05) is 0 Å². The quantitative estimate of drug-likeness (QED) is 0.745. The fourth-order valence-corrected chi connectivity index (χ4v) is 2.74. The summed E-state index contributed by atoms with van der Waals surface area (Å²) in [5.41, 5.74) is 0.891. The molecule has 0 fully saturated rings. The molecule has 0 aliphatic carbocycles. The number of aromatic amines is 1. The molecular weight excluding hydrogens is 334 g/mol. The van der Waals surface area contributed by atoms with E-state index in [1.54, 1.807) is 30.3 Å². The Morgan fingerprint density at radius 1 is 1.10 bits per heavy atom. The molecule has 5 heteroatoms. The van der Waals surface area contributed by atoms with Crippen molar-refractivity contribution in [2.45, 2.75) is 0 Å². The molecule has 0 amide bonds. The second-order valence-corrected chi connectivity index (χ2v) is 5.48. The monoisotopic (exact) mass is 343 g/mol. The third kappa shape index (κ3) is 2.36. The highest BCUT2D eigenvalue weighted by Crippen LogP contribution is 2.31. The Kier molecular flexibility index (Phi) is 3.35. The van der Waals surface area contributed by atoms with Crippen molar-refractivity contribution in [3.63, 3.8) is 0 Å². The average molecular weight is 344 g/mol. The molecule has 104 valence electrons. The van der Waals surface area contributed by atoms with Gasteiger partial charge in [-0.25, -0.2) is 4.79 Å². The van der Waals surface area contributed by atoms with Gasteiger partial charge >= 0.3 is 5.97 Å². The first-order chi connectivity index (χ1) is 10.1. The molecule has 0 unspecified atom stereocenters. The van der Waals surface area contributed by atoms with E-state index in [9.17, 15) is 14.7 Å². The van der Waals surface area contributed by atoms with E-state index in [2.05, 4.69) is 20.9 Å². The fraction of sp³-hybridized carbons (Fsp3) is 0. The van der Waals surface area contributed by atoms with Crippen LogP contribution in [0.5, 0.6) is 0 Å². The van der Waals surface area contributed by atoms with Crippen molar-refractivity contribution >= 4 is 32.8 Å². The van der Waals surface area contributed by atoms with E-state index in [4.69, 9.17) is 0 Å². The number of carboxylic acids is 1. The van der Waals surface area contributed by atoms with Crippen LogP contribution in [0.3, 0.4) is 0 Å². The Morgan fingerprint density at radius 2 is 1.81 bits per heavy atom. The summed E-state index contributed by atoms with van der Waals surface area (Å²) >= 11 is 3.38. The highest BCUT2D eigenvalue weighted by molar-refractivity contribution is 9.10. The highest BCUT2D eigenvalue weighted by atomic mass is 79.9. The number of carbonyl (C=O) groups is 1. The van der Waals surface area contributed by atoms with Crippen molar-refractivity contribution in [1.82, 2.24) is 4.98 Å². The third-order valence-electron chi connectivity index (χ3n) is 3.25. The van der Waals surface area contributed by atoms with E-state index in [0.717, 1.165) is 4.47 Å². The Balaban J connectivity index is 2.53. The van der Waals surface area contributed by atoms with Crippen molar-refractivity contribution in [2.24, 2.45) is 0 Å². The van der Waals surface area contributed by atoms with Crippen LogP contribution in [0, 0.1) is 0 Å². The lowest BCUT2D eigenvalue weighted by Gasteiger charge is -2.10. The second kappa shape index (κ2) is 5.18. The van der Waals surface area contributed by atoms with Gasteiger partial charge in [0.25, 0.3) is 5.56 Å². The van der Waals surface area contributed by atoms with Crippen LogP contribution in [-0.4, -0.2) is 16.1 Å². The first-order valence-electron chi connectivity index (χ1n) is 6.22. The molecule has 0 radical (unpaired) electrons. The lowest BCUT2D eigenvalue weighted by atomic mass is 9.96. The molecule has 2 aromatic carbocycles. The molecule has 0 atom stereocenters. The molecule has 1 heterocycles. The van der Waals surface area contributed by atoms with Gasteiger partial charge in [0.05, 0.1) is 0 Å². The summed E-state index contributed by atoms with van der Waals surface area (Å²) in [4.78, 5) is 26.2. The van der Waals surface area contributed by atoms with Crippen LogP contribution in [0.2, 0.25) is 0 Å². The average Bonchev–Trinajstić information content (AvgIpc) is 2.47. The van der Waals surface area contributed by atoms with Crippen molar-refractivity contribution in [1.29, 1.82) is 0 Å². The van der Waals surface area contributed by atoms with Crippen LogP contribution < -0.4 is 5.56 Å². The summed E-state index contributed by atoms with van der Waals surface area (Å²) in [6.45, 7) is 0. The second-order valence-electron chi connectivity index (χ2n) is 4.57. The van der Waals surface area contributed by atoms with Crippen LogP contribution in [0.4, 0.5) is 0 Å². The maximum atomic E-state index is 12.1. The molecule has 0 aliphatic rings. The zero-order valence-electron chi connectivity index (χ0n) is 10.8. The summed E-state index contributed by atoms with van der Waals surface area (Å²) in [5, 5.41) is 10.1. The Morgan fingerprint density at radius 3 is 2.48 bits per heavy atom. The maximum absolute atomic E-state index is 12.1. The Labute approximate surface area is 128 Å². The van der Waals surface area contributed by atoms with Gasteiger partial charge < -0.3 is 10.1 Å².